The van der Waals surface area contributed by atoms with Crippen molar-refractivity contribution in [3.8, 4) is 0 Å². The fourth-order valence-corrected chi connectivity index (χ4v) is 4.20. The second-order valence-corrected chi connectivity index (χ2v) is 7.21. The molecule has 6 nitrogen and oxygen atoms in total. The van der Waals surface area contributed by atoms with Crippen molar-refractivity contribution in [2.45, 2.75) is 12.8 Å². The summed E-state index contributed by atoms with van der Waals surface area (Å²) in [6, 6.07) is 18.8. The van der Waals surface area contributed by atoms with Crippen LogP contribution in [0, 0.1) is 5.41 Å². The lowest BCUT2D eigenvalue weighted by molar-refractivity contribution is -0.125. The summed E-state index contributed by atoms with van der Waals surface area (Å²) in [6.07, 6.45) is 2.44. The zero-order chi connectivity index (χ0) is 20.6. The van der Waals surface area contributed by atoms with Crippen molar-refractivity contribution >= 4 is 23.6 Å². The summed E-state index contributed by atoms with van der Waals surface area (Å²) in [5, 5.41) is 4.53. The highest BCUT2D eigenvalue weighted by Gasteiger charge is 2.51. The molecule has 0 atom stereocenters. The van der Waals surface area contributed by atoms with E-state index in [9.17, 15) is 19.2 Å². The lowest BCUT2D eigenvalue weighted by Crippen LogP contribution is -2.39. The molecule has 0 fully saturated rings. The largest absolute Gasteiger partial charge is 0.289 e. The molecule has 4 amide bonds. The standard InChI is InChI=1S/C23H18N2O4/c1-23(16-12-18(26)24-21(16)28,17-13-19(27)25-22(17)29)20(14-8-4-2-5-9-14)15-10-6-3-7-11-15/h2-13,20H,1H3,(H,24,26,28)(H,25,27,29). The van der Waals surface area contributed by atoms with E-state index in [1.165, 1.54) is 12.2 Å². The lowest BCUT2D eigenvalue weighted by Gasteiger charge is -2.39. The van der Waals surface area contributed by atoms with Gasteiger partial charge < -0.3 is 0 Å². The molecule has 0 aromatic heterocycles. The van der Waals surface area contributed by atoms with Crippen LogP contribution in [-0.2, 0) is 19.2 Å². The van der Waals surface area contributed by atoms with Crippen LogP contribution in [0.5, 0.6) is 0 Å². The maximum atomic E-state index is 12.7. The van der Waals surface area contributed by atoms with E-state index >= 15 is 0 Å². The van der Waals surface area contributed by atoms with Gasteiger partial charge in [0.25, 0.3) is 23.6 Å². The van der Waals surface area contributed by atoms with Crippen molar-refractivity contribution in [1.29, 1.82) is 0 Å². The number of carbonyl (C=O) groups is 4. The molecule has 0 spiro atoms. The van der Waals surface area contributed by atoms with E-state index in [1.54, 1.807) is 6.92 Å². The van der Waals surface area contributed by atoms with Gasteiger partial charge in [-0.1, -0.05) is 67.6 Å². The highest BCUT2D eigenvalue weighted by atomic mass is 16.2. The van der Waals surface area contributed by atoms with Crippen molar-refractivity contribution in [2.75, 3.05) is 0 Å². The Morgan fingerprint density at radius 2 is 1.03 bits per heavy atom. The van der Waals surface area contributed by atoms with Crippen LogP contribution in [0.4, 0.5) is 0 Å². The molecule has 0 unspecified atom stereocenters. The normalized spacial score (nSPS) is 16.6. The summed E-state index contributed by atoms with van der Waals surface area (Å²) in [5.74, 6) is -2.71. The van der Waals surface area contributed by atoms with Crippen molar-refractivity contribution in [1.82, 2.24) is 10.6 Å². The first-order valence-electron chi connectivity index (χ1n) is 9.16. The zero-order valence-corrected chi connectivity index (χ0v) is 15.6. The quantitative estimate of drug-likeness (QED) is 0.769. The Morgan fingerprint density at radius 3 is 1.34 bits per heavy atom. The van der Waals surface area contributed by atoms with Gasteiger partial charge in [0.15, 0.2) is 0 Å². The SMILES string of the molecule is CC(C1=CC(=O)NC1=O)(C1=CC(=O)NC1=O)C(c1ccccc1)c1ccccc1. The predicted molar refractivity (Wildman–Crippen MR) is 105 cm³/mol. The van der Waals surface area contributed by atoms with Crippen molar-refractivity contribution in [3.05, 3.63) is 95.1 Å². The number of nitrogens with one attached hydrogen (secondary N) is 2. The second kappa shape index (κ2) is 6.98. The Hall–Kier alpha value is -3.80. The number of amides is 4. The Morgan fingerprint density at radius 1 is 0.655 bits per heavy atom. The summed E-state index contributed by atoms with van der Waals surface area (Å²) < 4.78 is 0. The molecular formula is C23H18N2O4. The Labute approximate surface area is 167 Å². The molecule has 2 aromatic carbocycles. The first-order chi connectivity index (χ1) is 13.9. The highest BCUT2D eigenvalue weighted by Crippen LogP contribution is 2.52. The molecule has 2 aliphatic rings. The summed E-state index contributed by atoms with van der Waals surface area (Å²) in [5.41, 5.74) is 0.743. The van der Waals surface area contributed by atoms with Gasteiger partial charge in [0, 0.05) is 34.6 Å². The molecular weight excluding hydrogens is 368 g/mol. The summed E-state index contributed by atoms with van der Waals surface area (Å²) in [6.45, 7) is 1.73. The van der Waals surface area contributed by atoms with Gasteiger partial charge in [0.1, 0.15) is 0 Å². The number of benzene rings is 2. The summed E-state index contributed by atoms with van der Waals surface area (Å²) >= 11 is 0. The van der Waals surface area contributed by atoms with Gasteiger partial charge in [-0.3, -0.25) is 29.8 Å². The van der Waals surface area contributed by atoms with Crippen LogP contribution in [0.2, 0.25) is 0 Å². The minimum atomic E-state index is -1.25. The lowest BCUT2D eigenvalue weighted by atomic mass is 9.61. The molecule has 2 N–H and O–H groups in total. The van der Waals surface area contributed by atoms with E-state index < -0.39 is 35.0 Å². The van der Waals surface area contributed by atoms with E-state index in [0.29, 0.717) is 0 Å². The fourth-order valence-electron chi connectivity index (χ4n) is 4.20. The van der Waals surface area contributed by atoms with Crippen LogP contribution < -0.4 is 10.6 Å². The molecule has 29 heavy (non-hydrogen) atoms. The van der Waals surface area contributed by atoms with Crippen LogP contribution in [0.15, 0.2) is 84.0 Å². The second-order valence-electron chi connectivity index (χ2n) is 7.21. The topological polar surface area (TPSA) is 92.3 Å². The third-order valence-electron chi connectivity index (χ3n) is 5.48. The average Bonchev–Trinajstić information content (AvgIpc) is 3.24. The van der Waals surface area contributed by atoms with Gasteiger partial charge in [-0.25, -0.2) is 0 Å². The number of hydrogen-bond acceptors (Lipinski definition) is 4. The Bertz CT molecular complexity index is 1000. The van der Waals surface area contributed by atoms with Gasteiger partial charge >= 0.3 is 0 Å². The summed E-state index contributed by atoms with van der Waals surface area (Å²) in [4.78, 5) is 49.3. The molecule has 0 bridgehead atoms. The van der Waals surface area contributed by atoms with E-state index in [1.807, 2.05) is 60.7 Å². The van der Waals surface area contributed by atoms with Crippen molar-refractivity contribution in [3.63, 3.8) is 0 Å². The maximum Gasteiger partial charge on any atom is 0.255 e. The number of imide groups is 2. The van der Waals surface area contributed by atoms with Crippen LogP contribution in [-0.4, -0.2) is 23.6 Å². The highest BCUT2D eigenvalue weighted by molar-refractivity contribution is 6.21. The van der Waals surface area contributed by atoms with Crippen LogP contribution in [0.3, 0.4) is 0 Å². The first-order valence-corrected chi connectivity index (χ1v) is 9.16. The monoisotopic (exact) mass is 386 g/mol. The average molecular weight is 386 g/mol. The van der Waals surface area contributed by atoms with Crippen LogP contribution >= 0.6 is 0 Å². The molecule has 2 aliphatic heterocycles. The number of rotatable bonds is 5. The van der Waals surface area contributed by atoms with Crippen molar-refractivity contribution < 1.29 is 19.2 Å². The van der Waals surface area contributed by atoms with E-state index in [4.69, 9.17) is 0 Å². The third-order valence-corrected chi connectivity index (χ3v) is 5.48. The van der Waals surface area contributed by atoms with Crippen LogP contribution in [0.1, 0.15) is 24.0 Å². The Kier molecular flexibility index (Phi) is 4.47. The molecule has 2 heterocycles. The molecule has 0 aliphatic carbocycles. The Balaban J connectivity index is 2.03. The van der Waals surface area contributed by atoms with E-state index in [-0.39, 0.29) is 11.1 Å². The van der Waals surface area contributed by atoms with E-state index in [2.05, 4.69) is 10.6 Å². The molecule has 0 radical (unpaired) electrons. The molecule has 0 saturated carbocycles. The number of hydrogen-bond donors (Lipinski definition) is 2. The fraction of sp³-hybridized carbons (Fsp3) is 0.130. The molecule has 4 rings (SSSR count). The smallest absolute Gasteiger partial charge is 0.255 e. The third kappa shape index (κ3) is 3.08. The molecule has 0 saturated heterocycles. The van der Waals surface area contributed by atoms with Gasteiger partial charge in [0.05, 0.1) is 0 Å². The van der Waals surface area contributed by atoms with Gasteiger partial charge in [-0.2, -0.15) is 0 Å². The van der Waals surface area contributed by atoms with Gasteiger partial charge in [-0.15, -0.1) is 0 Å². The predicted octanol–water partition coefficient (Wildman–Crippen LogP) is 1.99. The van der Waals surface area contributed by atoms with Gasteiger partial charge in [-0.05, 0) is 11.1 Å². The zero-order valence-electron chi connectivity index (χ0n) is 15.6. The summed E-state index contributed by atoms with van der Waals surface area (Å²) in [7, 11) is 0. The number of carbonyl (C=O) groups excluding carboxylic acids is 4. The molecule has 144 valence electrons. The van der Waals surface area contributed by atoms with E-state index in [0.717, 1.165) is 11.1 Å². The van der Waals surface area contributed by atoms with Crippen molar-refractivity contribution in [2.24, 2.45) is 5.41 Å². The minimum Gasteiger partial charge on any atom is -0.289 e. The van der Waals surface area contributed by atoms with Gasteiger partial charge in [0.2, 0.25) is 0 Å². The maximum absolute atomic E-state index is 12.7. The van der Waals surface area contributed by atoms with Crippen LogP contribution in [0.25, 0.3) is 0 Å². The molecule has 2 aromatic rings. The molecule has 6 heteroatoms. The minimum absolute atomic E-state index is 0.149. The first kappa shape index (κ1) is 18.6.